The van der Waals surface area contributed by atoms with Crippen molar-refractivity contribution >= 4 is 26.7 Å². The van der Waals surface area contributed by atoms with E-state index >= 15 is 0 Å². The first-order chi connectivity index (χ1) is 19.0. The van der Waals surface area contributed by atoms with Crippen molar-refractivity contribution in [1.29, 1.82) is 0 Å². The molecule has 0 rings (SSSR count). The Balaban J connectivity index is 7.98. The maximum atomic E-state index is 12.6. The fourth-order valence-electron chi connectivity index (χ4n) is 3.65. The predicted molar refractivity (Wildman–Crippen MR) is 148 cm³/mol. The van der Waals surface area contributed by atoms with Crippen LogP contribution in [0.3, 0.4) is 0 Å². The molecule has 0 aliphatic carbocycles. The van der Waals surface area contributed by atoms with Crippen LogP contribution in [0.5, 0.6) is 0 Å². The Morgan fingerprint density at radius 1 is 0.525 bits per heavy atom. The lowest BCUT2D eigenvalue weighted by Crippen LogP contribution is -2.78. The second-order valence-corrected chi connectivity index (χ2v) is 11.5. The number of ether oxygens (including phenoxy) is 6. The Morgan fingerprint density at radius 3 is 1.10 bits per heavy atom. The highest BCUT2D eigenvalue weighted by Crippen LogP contribution is 2.43. The molecule has 0 amide bonds. The summed E-state index contributed by atoms with van der Waals surface area (Å²) in [7, 11) is -5.04. The lowest BCUT2D eigenvalue weighted by molar-refractivity contribution is -0.452. The molecule has 0 aromatic heterocycles. The highest BCUT2D eigenvalue weighted by Gasteiger charge is 2.81. The molecule has 40 heavy (non-hydrogen) atoms. The molecular weight excluding hydrogens is 544 g/mol. The van der Waals surface area contributed by atoms with Crippen LogP contribution in [0.25, 0.3) is 0 Å². The number of rotatable bonds is 24. The summed E-state index contributed by atoms with van der Waals surface area (Å²) in [6.07, 6.45) is 1.74. The Labute approximate surface area is 240 Å². The first-order valence-electron chi connectivity index (χ1n) is 14.4. The van der Waals surface area contributed by atoms with E-state index in [-0.39, 0.29) is 39.6 Å². The second-order valence-electron chi connectivity index (χ2n) is 9.10. The summed E-state index contributed by atoms with van der Waals surface area (Å²) >= 11 is 0. The quantitative estimate of drug-likeness (QED) is 0.115. The maximum absolute atomic E-state index is 12.6. The molecule has 0 heterocycles. The van der Waals surface area contributed by atoms with Crippen molar-refractivity contribution in [2.45, 2.75) is 118 Å². The van der Waals surface area contributed by atoms with Gasteiger partial charge in [0.25, 0.3) is 17.9 Å². The first kappa shape index (κ1) is 38.4. The van der Waals surface area contributed by atoms with E-state index < -0.39 is 44.2 Å². The highest BCUT2D eigenvalue weighted by molar-refractivity contribution is 6.68. The van der Waals surface area contributed by atoms with Crippen LogP contribution < -0.4 is 0 Å². The fourth-order valence-corrected chi connectivity index (χ4v) is 6.47. The molecule has 1 atom stereocenters. The molecule has 0 N–H and O–H groups in total. The molecule has 0 aliphatic rings. The monoisotopic (exact) mass is 596 g/mol. The largest absolute Gasteiger partial charge is 0.772 e. The molecule has 0 saturated carbocycles. The van der Waals surface area contributed by atoms with Crippen molar-refractivity contribution in [2.24, 2.45) is 0 Å². The number of carbonyl (C=O) groups excluding carboxylic acids is 3. The van der Waals surface area contributed by atoms with Gasteiger partial charge in [0.15, 0.2) is 0 Å². The molecule has 13 heteroatoms. The van der Waals surface area contributed by atoms with Crippen LogP contribution in [0, 0.1) is 0 Å². The van der Waals surface area contributed by atoms with Crippen LogP contribution in [0.2, 0.25) is 0 Å². The van der Waals surface area contributed by atoms with Gasteiger partial charge in [0, 0.05) is 40.6 Å². The zero-order chi connectivity index (χ0) is 30.7. The van der Waals surface area contributed by atoms with E-state index in [0.717, 1.165) is 20.8 Å². The van der Waals surface area contributed by atoms with Gasteiger partial charge in [-0.1, -0.05) is 41.5 Å². The molecule has 0 bridgehead atoms. The zero-order valence-electron chi connectivity index (χ0n) is 26.0. The average Bonchev–Trinajstić information content (AvgIpc) is 2.88. The molecule has 0 aliphatic heterocycles. The minimum atomic E-state index is -5.04. The number of carbonyl (C=O) groups is 3. The minimum Gasteiger partial charge on any atom is -0.452 e. The van der Waals surface area contributed by atoms with Crippen LogP contribution in [0.15, 0.2) is 0 Å². The summed E-state index contributed by atoms with van der Waals surface area (Å²) in [4.78, 5) is 37.8. The van der Waals surface area contributed by atoms with Crippen molar-refractivity contribution in [2.75, 3.05) is 39.6 Å². The van der Waals surface area contributed by atoms with Crippen molar-refractivity contribution in [3.05, 3.63) is 0 Å². The Kier molecular flexibility index (Phi) is 19.5. The molecule has 12 nitrogen and oxygen atoms in total. The molecule has 0 fully saturated rings. The van der Waals surface area contributed by atoms with Crippen LogP contribution in [-0.4, -0.2) is 83.8 Å². The number of hydrogen-bond acceptors (Lipinski definition) is 12. The van der Waals surface area contributed by atoms with Crippen LogP contribution >= 0.6 is 0 Å². The topological polar surface area (TPSA) is 134 Å². The van der Waals surface area contributed by atoms with Crippen LogP contribution in [-0.2, 0) is 56.1 Å². The lowest BCUT2D eigenvalue weighted by Gasteiger charge is -2.50. The van der Waals surface area contributed by atoms with Crippen LogP contribution in [0.1, 0.15) is 101 Å². The first-order valence-corrected chi connectivity index (χ1v) is 16.1. The summed E-state index contributed by atoms with van der Waals surface area (Å²) < 4.78 is 55.2. The zero-order valence-corrected chi connectivity index (χ0v) is 27.0. The standard InChI is InChI=1S/C27H52O12Si/c1-10-16-31-25(26(32-17-11-2,33-18-12-3)34-19-13-4)27(35-20-14-5,36-21-15-6)40(37-22(7)28,38-23(8)29)39-24(9)30/h25H,10-21H2,1-9H3. The van der Waals surface area contributed by atoms with Gasteiger partial charge in [-0.2, -0.15) is 0 Å². The third-order valence-electron chi connectivity index (χ3n) is 4.98. The van der Waals surface area contributed by atoms with Gasteiger partial charge in [0.1, 0.15) is 0 Å². The lowest BCUT2D eigenvalue weighted by atomic mass is 10.2. The fraction of sp³-hybridized carbons (Fsp3) is 0.889. The van der Waals surface area contributed by atoms with Gasteiger partial charge in [-0.15, -0.1) is 0 Å². The average molecular weight is 597 g/mol. The van der Waals surface area contributed by atoms with Crippen molar-refractivity contribution in [3.8, 4) is 0 Å². The predicted octanol–water partition coefficient (Wildman–Crippen LogP) is 4.43. The summed E-state index contributed by atoms with van der Waals surface area (Å²) in [5, 5.41) is 0. The van der Waals surface area contributed by atoms with E-state index in [9.17, 15) is 14.4 Å². The third kappa shape index (κ3) is 11.3. The Hall–Kier alpha value is -1.61. The molecule has 0 radical (unpaired) electrons. The Bertz CT molecular complexity index is 662. The van der Waals surface area contributed by atoms with E-state index in [1.165, 1.54) is 0 Å². The van der Waals surface area contributed by atoms with Gasteiger partial charge in [0.2, 0.25) is 6.10 Å². The summed E-state index contributed by atoms with van der Waals surface area (Å²) in [5.41, 5.74) is -2.33. The molecule has 236 valence electrons. The molecule has 1 unspecified atom stereocenters. The molecule has 0 aromatic carbocycles. The second kappa shape index (κ2) is 20.3. The molecular formula is C27H52O12Si. The Morgan fingerprint density at radius 2 is 0.825 bits per heavy atom. The van der Waals surface area contributed by atoms with Gasteiger partial charge >= 0.3 is 20.2 Å². The van der Waals surface area contributed by atoms with E-state index in [1.807, 2.05) is 41.5 Å². The van der Waals surface area contributed by atoms with Crippen molar-refractivity contribution in [3.63, 3.8) is 0 Å². The van der Waals surface area contributed by atoms with Crippen molar-refractivity contribution < 1.29 is 56.1 Å². The summed E-state index contributed by atoms with van der Waals surface area (Å²) in [6, 6.07) is 0. The summed E-state index contributed by atoms with van der Waals surface area (Å²) in [5.74, 6) is -4.66. The van der Waals surface area contributed by atoms with Gasteiger partial charge in [0.05, 0.1) is 19.8 Å². The van der Waals surface area contributed by atoms with E-state index in [4.69, 9.17) is 41.7 Å². The SMILES string of the molecule is CCCOC(C(OCCC)(OCCC)OCCC)C(OCCC)(OCCC)[Si](OC(C)=O)(OC(C)=O)OC(C)=O. The van der Waals surface area contributed by atoms with E-state index in [1.54, 1.807) is 0 Å². The number of hydrogen-bond donors (Lipinski definition) is 0. The third-order valence-corrected chi connectivity index (χ3v) is 8.05. The summed E-state index contributed by atoms with van der Waals surface area (Å²) in [6.45, 7) is 15.3. The molecule has 0 saturated heterocycles. The van der Waals surface area contributed by atoms with E-state index in [2.05, 4.69) is 0 Å². The smallest absolute Gasteiger partial charge is 0.452 e. The van der Waals surface area contributed by atoms with Gasteiger partial charge in [-0.3, -0.25) is 14.4 Å². The maximum Gasteiger partial charge on any atom is 0.772 e. The molecule has 0 aromatic rings. The minimum absolute atomic E-state index is 0.0135. The van der Waals surface area contributed by atoms with Gasteiger partial charge < -0.3 is 41.7 Å². The normalized spacial score (nSPS) is 13.1. The van der Waals surface area contributed by atoms with Crippen molar-refractivity contribution in [1.82, 2.24) is 0 Å². The van der Waals surface area contributed by atoms with Gasteiger partial charge in [-0.25, -0.2) is 0 Å². The van der Waals surface area contributed by atoms with Crippen LogP contribution in [0.4, 0.5) is 0 Å². The highest BCUT2D eigenvalue weighted by atomic mass is 28.4. The van der Waals surface area contributed by atoms with E-state index in [0.29, 0.717) is 38.5 Å². The van der Waals surface area contributed by atoms with Gasteiger partial charge in [-0.05, 0) is 38.5 Å². The molecule has 0 spiro atoms.